The van der Waals surface area contributed by atoms with Gasteiger partial charge >= 0.3 is 0 Å². The molecule has 108 valence electrons. The van der Waals surface area contributed by atoms with Crippen LogP contribution in [-0.2, 0) is 16.6 Å². The highest BCUT2D eigenvalue weighted by atomic mass is 32.2. The summed E-state index contributed by atoms with van der Waals surface area (Å²) in [5.41, 5.74) is 1.30. The molecule has 1 aromatic heterocycles. The van der Waals surface area contributed by atoms with Crippen LogP contribution in [0.3, 0.4) is 0 Å². The molecule has 0 bridgehead atoms. The van der Waals surface area contributed by atoms with Crippen LogP contribution in [0.1, 0.15) is 17.0 Å². The van der Waals surface area contributed by atoms with E-state index in [-0.39, 0.29) is 11.4 Å². The van der Waals surface area contributed by atoms with Crippen molar-refractivity contribution in [3.8, 4) is 5.75 Å². The molecule has 6 nitrogen and oxygen atoms in total. The number of methoxy groups -OCH3 is 1. The second kappa shape index (κ2) is 5.64. The summed E-state index contributed by atoms with van der Waals surface area (Å²) >= 11 is 0. The normalized spacial score (nSPS) is 11.6. The minimum Gasteiger partial charge on any atom is -0.496 e. The third-order valence-electron chi connectivity index (χ3n) is 2.80. The van der Waals surface area contributed by atoms with E-state index in [2.05, 4.69) is 9.88 Å². The average Bonchev–Trinajstić information content (AvgIpc) is 2.82. The fourth-order valence-corrected chi connectivity index (χ4v) is 2.86. The molecule has 7 heteroatoms. The van der Waals surface area contributed by atoms with Gasteiger partial charge < -0.3 is 9.26 Å². The van der Waals surface area contributed by atoms with Gasteiger partial charge in [-0.2, -0.15) is 0 Å². The number of nitrogens with one attached hydrogen (secondary N) is 1. The molecule has 0 saturated carbocycles. The maximum absolute atomic E-state index is 12.2. The van der Waals surface area contributed by atoms with Crippen molar-refractivity contribution in [2.75, 3.05) is 7.11 Å². The first kappa shape index (κ1) is 14.5. The molecular formula is C13H16N2O4S. The van der Waals surface area contributed by atoms with Crippen LogP contribution < -0.4 is 9.46 Å². The van der Waals surface area contributed by atoms with E-state index in [1.54, 1.807) is 39.2 Å². The number of aromatic nitrogens is 1. The maximum atomic E-state index is 12.2. The van der Waals surface area contributed by atoms with E-state index in [4.69, 9.17) is 9.26 Å². The van der Waals surface area contributed by atoms with Crippen molar-refractivity contribution in [3.63, 3.8) is 0 Å². The molecule has 1 aromatic carbocycles. The highest BCUT2D eigenvalue weighted by Crippen LogP contribution is 2.21. The van der Waals surface area contributed by atoms with Crippen LogP contribution in [0.5, 0.6) is 5.75 Å². The zero-order valence-corrected chi connectivity index (χ0v) is 12.3. The summed E-state index contributed by atoms with van der Waals surface area (Å²) in [6.45, 7) is 3.63. The molecule has 0 unspecified atom stereocenters. The molecule has 0 aliphatic rings. The summed E-state index contributed by atoms with van der Waals surface area (Å²) < 4.78 is 36.8. The fraction of sp³-hybridized carbons (Fsp3) is 0.308. The summed E-state index contributed by atoms with van der Waals surface area (Å²) in [6, 6.07) is 6.38. The lowest BCUT2D eigenvalue weighted by Crippen LogP contribution is -2.23. The van der Waals surface area contributed by atoms with Crippen LogP contribution in [0.4, 0.5) is 0 Å². The monoisotopic (exact) mass is 296 g/mol. The predicted octanol–water partition coefficient (Wildman–Crippen LogP) is 1.78. The van der Waals surface area contributed by atoms with Crippen LogP contribution in [0, 0.1) is 13.8 Å². The number of hydrogen-bond donors (Lipinski definition) is 1. The molecule has 2 rings (SSSR count). The molecular weight excluding hydrogens is 280 g/mol. The van der Waals surface area contributed by atoms with E-state index in [0.717, 1.165) is 5.56 Å². The van der Waals surface area contributed by atoms with Crippen LogP contribution in [0.25, 0.3) is 0 Å². The Kier molecular flexibility index (Phi) is 4.10. The Hall–Kier alpha value is -1.86. The van der Waals surface area contributed by atoms with E-state index < -0.39 is 10.0 Å². The molecule has 0 amide bonds. The van der Waals surface area contributed by atoms with Crippen molar-refractivity contribution in [1.29, 1.82) is 0 Å². The average molecular weight is 296 g/mol. The Balaban J connectivity index is 2.15. The molecule has 0 spiro atoms. The highest BCUT2D eigenvalue weighted by molar-refractivity contribution is 7.89. The number of nitrogens with zero attached hydrogens (tertiary/aromatic N) is 1. The molecule has 0 saturated heterocycles. The van der Waals surface area contributed by atoms with Gasteiger partial charge in [-0.1, -0.05) is 5.16 Å². The number of hydrogen-bond acceptors (Lipinski definition) is 5. The molecule has 1 heterocycles. The Labute approximate surface area is 117 Å². The maximum Gasteiger partial charge on any atom is 0.240 e. The molecule has 20 heavy (non-hydrogen) atoms. The van der Waals surface area contributed by atoms with Crippen LogP contribution in [0.15, 0.2) is 33.7 Å². The van der Waals surface area contributed by atoms with Gasteiger partial charge in [-0.15, -0.1) is 0 Å². The Morgan fingerprint density at radius 1 is 1.30 bits per heavy atom. The van der Waals surface area contributed by atoms with Gasteiger partial charge in [-0.05, 0) is 37.6 Å². The fourth-order valence-electron chi connectivity index (χ4n) is 1.77. The first-order valence-corrected chi connectivity index (χ1v) is 7.47. The number of sulfonamides is 1. The van der Waals surface area contributed by atoms with Crippen molar-refractivity contribution >= 4 is 10.0 Å². The van der Waals surface area contributed by atoms with Gasteiger partial charge in [0.25, 0.3) is 0 Å². The molecule has 1 N–H and O–H groups in total. The zero-order valence-electron chi connectivity index (χ0n) is 11.5. The lowest BCUT2D eigenvalue weighted by molar-refractivity contribution is 0.390. The van der Waals surface area contributed by atoms with Gasteiger partial charge in [-0.25, -0.2) is 13.1 Å². The van der Waals surface area contributed by atoms with Gasteiger partial charge in [-0.3, -0.25) is 0 Å². The minimum atomic E-state index is -3.58. The molecule has 0 aliphatic heterocycles. The summed E-state index contributed by atoms with van der Waals surface area (Å²) in [4.78, 5) is 0.191. The standard InChI is InChI=1S/C13H16N2O4S/c1-9-6-12(4-5-13(9)18-3)20(16,17)14-8-11-7-10(2)19-15-11/h4-7,14H,8H2,1-3H3. The largest absolute Gasteiger partial charge is 0.496 e. The number of ether oxygens (including phenoxy) is 1. The van der Waals surface area contributed by atoms with Gasteiger partial charge in [0.2, 0.25) is 10.0 Å². The van der Waals surface area contributed by atoms with Crippen molar-refractivity contribution < 1.29 is 17.7 Å². The minimum absolute atomic E-state index is 0.0880. The predicted molar refractivity (Wildman–Crippen MR) is 73.0 cm³/mol. The highest BCUT2D eigenvalue weighted by Gasteiger charge is 2.16. The van der Waals surface area contributed by atoms with E-state index in [1.165, 1.54) is 6.07 Å². The lowest BCUT2D eigenvalue weighted by atomic mass is 10.2. The molecule has 0 fully saturated rings. The molecule has 0 aliphatic carbocycles. The molecule has 0 radical (unpaired) electrons. The smallest absolute Gasteiger partial charge is 0.240 e. The quantitative estimate of drug-likeness (QED) is 0.909. The Morgan fingerprint density at radius 2 is 2.05 bits per heavy atom. The first-order valence-electron chi connectivity index (χ1n) is 5.99. The van der Waals surface area contributed by atoms with Gasteiger partial charge in [0.15, 0.2) is 0 Å². The van der Waals surface area contributed by atoms with Crippen LogP contribution >= 0.6 is 0 Å². The van der Waals surface area contributed by atoms with E-state index in [9.17, 15) is 8.42 Å². The topological polar surface area (TPSA) is 81.4 Å². The zero-order chi connectivity index (χ0) is 14.8. The third kappa shape index (κ3) is 3.17. The van der Waals surface area contributed by atoms with Crippen LogP contribution in [0.2, 0.25) is 0 Å². The van der Waals surface area contributed by atoms with Crippen molar-refractivity contribution in [2.45, 2.75) is 25.3 Å². The Bertz CT molecular complexity index is 707. The van der Waals surface area contributed by atoms with Crippen molar-refractivity contribution in [1.82, 2.24) is 9.88 Å². The van der Waals surface area contributed by atoms with Crippen LogP contribution in [-0.4, -0.2) is 20.7 Å². The number of benzene rings is 1. The summed E-state index contributed by atoms with van der Waals surface area (Å²) in [5, 5.41) is 3.74. The molecule has 0 atom stereocenters. The second-order valence-electron chi connectivity index (χ2n) is 4.38. The summed E-state index contributed by atoms with van der Waals surface area (Å²) in [7, 11) is -2.04. The third-order valence-corrected chi connectivity index (χ3v) is 4.20. The number of aryl methyl sites for hydroxylation is 2. The van der Waals surface area contributed by atoms with Gasteiger partial charge in [0, 0.05) is 6.07 Å². The van der Waals surface area contributed by atoms with Gasteiger partial charge in [0.1, 0.15) is 11.5 Å². The van der Waals surface area contributed by atoms with Crippen molar-refractivity contribution in [3.05, 3.63) is 41.3 Å². The second-order valence-corrected chi connectivity index (χ2v) is 6.15. The van der Waals surface area contributed by atoms with Gasteiger partial charge in [0.05, 0.1) is 24.2 Å². The number of rotatable bonds is 5. The summed E-state index contributed by atoms with van der Waals surface area (Å²) in [5.74, 6) is 1.29. The Morgan fingerprint density at radius 3 is 2.60 bits per heavy atom. The van der Waals surface area contributed by atoms with E-state index >= 15 is 0 Å². The SMILES string of the molecule is COc1ccc(S(=O)(=O)NCc2cc(C)on2)cc1C. The summed E-state index contributed by atoms with van der Waals surface area (Å²) in [6.07, 6.45) is 0. The lowest BCUT2D eigenvalue weighted by Gasteiger charge is -2.08. The van der Waals surface area contributed by atoms with E-state index in [1.807, 2.05) is 0 Å². The first-order chi connectivity index (χ1) is 9.42. The molecule has 2 aromatic rings. The van der Waals surface area contributed by atoms with Crippen molar-refractivity contribution in [2.24, 2.45) is 0 Å². The van der Waals surface area contributed by atoms with E-state index in [0.29, 0.717) is 17.2 Å².